The number of carbonyl (C=O) groups excluding carboxylic acids is 1. The molecule has 0 amide bonds. The van der Waals surface area contributed by atoms with Crippen LogP contribution >= 0.6 is 0 Å². The van der Waals surface area contributed by atoms with Gasteiger partial charge in [-0.25, -0.2) is 8.78 Å². The minimum absolute atomic E-state index is 0.0495. The van der Waals surface area contributed by atoms with Gasteiger partial charge in [-0.05, 0) is 32.0 Å². The molecule has 15 heavy (non-hydrogen) atoms. The van der Waals surface area contributed by atoms with Crippen LogP contribution in [0.25, 0.3) is 0 Å². The molecule has 1 rings (SSSR count). The number of ketones is 1. The van der Waals surface area contributed by atoms with Gasteiger partial charge < -0.3 is 4.74 Å². The second-order valence-electron chi connectivity index (χ2n) is 3.04. The number of halogens is 2. The van der Waals surface area contributed by atoms with E-state index in [1.165, 1.54) is 25.1 Å². The topological polar surface area (TPSA) is 26.3 Å². The number of Topliss-reactive ketones (excluding diaryl/α,β-unsaturated/α-hetero) is 1. The standard InChI is InChI=1S/C11H12F2O2/c1-3-15-8-4-5-9(7(2)14)10(6-8)11(12)13/h4-6,11H,3H2,1-2H3. The maximum absolute atomic E-state index is 12.6. The molecule has 0 N–H and O–H groups in total. The first-order valence-electron chi connectivity index (χ1n) is 4.62. The molecule has 0 aromatic heterocycles. The van der Waals surface area contributed by atoms with Crippen LogP contribution in [0.2, 0.25) is 0 Å². The van der Waals surface area contributed by atoms with Crippen molar-refractivity contribution in [1.29, 1.82) is 0 Å². The average Bonchev–Trinajstić information content (AvgIpc) is 2.17. The predicted octanol–water partition coefficient (Wildman–Crippen LogP) is 3.23. The largest absolute Gasteiger partial charge is 0.494 e. The molecule has 0 bridgehead atoms. The monoisotopic (exact) mass is 214 g/mol. The Kier molecular flexibility index (Phi) is 3.77. The van der Waals surface area contributed by atoms with Gasteiger partial charge in [-0.1, -0.05) is 0 Å². The molecule has 82 valence electrons. The van der Waals surface area contributed by atoms with Crippen molar-refractivity contribution in [3.63, 3.8) is 0 Å². The quantitative estimate of drug-likeness (QED) is 0.719. The zero-order chi connectivity index (χ0) is 11.4. The molecule has 0 fully saturated rings. The van der Waals surface area contributed by atoms with Crippen LogP contribution in [0.1, 0.15) is 36.2 Å². The summed E-state index contributed by atoms with van der Waals surface area (Å²) in [5, 5.41) is 0. The molecular weight excluding hydrogens is 202 g/mol. The van der Waals surface area contributed by atoms with Crippen molar-refractivity contribution < 1.29 is 18.3 Å². The summed E-state index contributed by atoms with van der Waals surface area (Å²) in [6, 6.07) is 4.10. The fourth-order valence-corrected chi connectivity index (χ4v) is 1.30. The second-order valence-corrected chi connectivity index (χ2v) is 3.04. The van der Waals surface area contributed by atoms with Crippen molar-refractivity contribution in [2.24, 2.45) is 0 Å². The molecule has 0 saturated carbocycles. The van der Waals surface area contributed by atoms with Crippen molar-refractivity contribution in [3.05, 3.63) is 29.3 Å². The number of ether oxygens (including phenoxy) is 1. The molecule has 1 aromatic carbocycles. The molecule has 0 unspecified atom stereocenters. The molecule has 0 aliphatic carbocycles. The molecule has 0 spiro atoms. The average molecular weight is 214 g/mol. The third kappa shape index (κ3) is 2.75. The Hall–Kier alpha value is -1.45. The first kappa shape index (κ1) is 11.6. The summed E-state index contributed by atoms with van der Waals surface area (Å²) in [7, 11) is 0. The molecule has 1 aromatic rings. The van der Waals surface area contributed by atoms with E-state index in [4.69, 9.17) is 4.74 Å². The van der Waals surface area contributed by atoms with E-state index in [0.717, 1.165) is 0 Å². The van der Waals surface area contributed by atoms with Crippen molar-refractivity contribution in [2.45, 2.75) is 20.3 Å². The van der Waals surface area contributed by atoms with Gasteiger partial charge in [0.25, 0.3) is 6.43 Å². The Morgan fingerprint density at radius 3 is 2.60 bits per heavy atom. The summed E-state index contributed by atoms with van der Waals surface area (Å²) in [5.41, 5.74) is -0.220. The van der Waals surface area contributed by atoms with Crippen molar-refractivity contribution in [1.82, 2.24) is 0 Å². The van der Waals surface area contributed by atoms with Crippen molar-refractivity contribution in [2.75, 3.05) is 6.61 Å². The third-order valence-electron chi connectivity index (χ3n) is 1.95. The Labute approximate surface area is 86.9 Å². The number of hydrogen-bond acceptors (Lipinski definition) is 2. The molecule has 0 atom stereocenters. The van der Waals surface area contributed by atoms with Crippen LogP contribution in [0.15, 0.2) is 18.2 Å². The van der Waals surface area contributed by atoms with E-state index in [2.05, 4.69) is 0 Å². The van der Waals surface area contributed by atoms with E-state index in [0.29, 0.717) is 12.4 Å². The van der Waals surface area contributed by atoms with Crippen LogP contribution in [0.5, 0.6) is 5.75 Å². The van der Waals surface area contributed by atoms with Gasteiger partial charge in [-0.3, -0.25) is 4.79 Å². The van der Waals surface area contributed by atoms with E-state index in [1.54, 1.807) is 6.92 Å². The maximum Gasteiger partial charge on any atom is 0.264 e. The summed E-state index contributed by atoms with van der Waals surface area (Å²) in [6.45, 7) is 3.44. The van der Waals surface area contributed by atoms with Crippen LogP contribution in [0.4, 0.5) is 8.78 Å². The Morgan fingerprint density at radius 1 is 1.47 bits per heavy atom. The minimum Gasteiger partial charge on any atom is -0.494 e. The zero-order valence-corrected chi connectivity index (χ0v) is 8.59. The highest BCUT2D eigenvalue weighted by molar-refractivity contribution is 5.95. The number of hydrogen-bond donors (Lipinski definition) is 0. The molecule has 2 nitrogen and oxygen atoms in total. The fourth-order valence-electron chi connectivity index (χ4n) is 1.30. The molecule has 4 heteroatoms. The van der Waals surface area contributed by atoms with E-state index < -0.39 is 6.43 Å². The highest BCUT2D eigenvalue weighted by Gasteiger charge is 2.16. The number of rotatable bonds is 4. The van der Waals surface area contributed by atoms with Gasteiger partial charge in [0.2, 0.25) is 0 Å². The van der Waals surface area contributed by atoms with E-state index in [1.807, 2.05) is 0 Å². The number of alkyl halides is 2. The van der Waals surface area contributed by atoms with Gasteiger partial charge in [-0.2, -0.15) is 0 Å². The van der Waals surface area contributed by atoms with E-state index >= 15 is 0 Å². The summed E-state index contributed by atoms with van der Waals surface area (Å²) in [5.74, 6) is -0.00820. The molecule has 0 heterocycles. The van der Waals surface area contributed by atoms with Crippen molar-refractivity contribution in [3.8, 4) is 5.75 Å². The summed E-state index contributed by atoms with van der Waals surface area (Å²) >= 11 is 0. The smallest absolute Gasteiger partial charge is 0.264 e. The lowest BCUT2D eigenvalue weighted by molar-refractivity contribution is 0.0998. The first-order valence-corrected chi connectivity index (χ1v) is 4.62. The Morgan fingerprint density at radius 2 is 2.13 bits per heavy atom. The Balaban J connectivity index is 3.15. The maximum atomic E-state index is 12.6. The first-order chi connectivity index (χ1) is 7.06. The molecule has 0 aliphatic heterocycles. The van der Waals surface area contributed by atoms with Gasteiger partial charge in [-0.15, -0.1) is 0 Å². The highest BCUT2D eigenvalue weighted by atomic mass is 19.3. The molecular formula is C11H12F2O2. The van der Waals surface area contributed by atoms with Crippen LogP contribution in [-0.2, 0) is 0 Å². The van der Waals surface area contributed by atoms with Crippen LogP contribution in [0, 0.1) is 0 Å². The number of benzene rings is 1. The normalized spacial score (nSPS) is 10.5. The lowest BCUT2D eigenvalue weighted by Crippen LogP contribution is -2.01. The van der Waals surface area contributed by atoms with Gasteiger partial charge in [0.05, 0.1) is 6.61 Å². The van der Waals surface area contributed by atoms with Crippen LogP contribution < -0.4 is 4.74 Å². The molecule has 0 radical (unpaired) electrons. The van der Waals surface area contributed by atoms with Crippen LogP contribution in [0.3, 0.4) is 0 Å². The third-order valence-corrected chi connectivity index (χ3v) is 1.95. The SMILES string of the molecule is CCOc1ccc(C(C)=O)c(C(F)F)c1. The van der Waals surface area contributed by atoms with Gasteiger partial charge in [0, 0.05) is 11.1 Å². The van der Waals surface area contributed by atoms with Crippen LogP contribution in [-0.4, -0.2) is 12.4 Å². The van der Waals surface area contributed by atoms with Gasteiger partial charge in [0.1, 0.15) is 5.75 Å². The second kappa shape index (κ2) is 4.87. The number of carbonyl (C=O) groups is 1. The molecule has 0 saturated heterocycles. The van der Waals surface area contributed by atoms with E-state index in [-0.39, 0.29) is 16.9 Å². The Bertz CT molecular complexity index is 362. The zero-order valence-electron chi connectivity index (χ0n) is 8.59. The van der Waals surface area contributed by atoms with E-state index in [9.17, 15) is 13.6 Å². The van der Waals surface area contributed by atoms with Gasteiger partial charge in [0.15, 0.2) is 5.78 Å². The lowest BCUT2D eigenvalue weighted by Gasteiger charge is -2.09. The van der Waals surface area contributed by atoms with Gasteiger partial charge >= 0.3 is 0 Å². The molecule has 0 aliphatic rings. The predicted molar refractivity (Wildman–Crippen MR) is 52.6 cm³/mol. The minimum atomic E-state index is -2.66. The summed E-state index contributed by atoms with van der Waals surface area (Å²) in [6.07, 6.45) is -2.66. The summed E-state index contributed by atoms with van der Waals surface area (Å²) < 4.78 is 30.3. The summed E-state index contributed by atoms with van der Waals surface area (Å²) in [4.78, 5) is 11.1. The fraction of sp³-hybridized carbons (Fsp3) is 0.364. The highest BCUT2D eigenvalue weighted by Crippen LogP contribution is 2.27. The van der Waals surface area contributed by atoms with Crippen molar-refractivity contribution >= 4 is 5.78 Å². The lowest BCUT2D eigenvalue weighted by atomic mass is 10.0.